The fourth-order valence-corrected chi connectivity index (χ4v) is 2.83. The Morgan fingerprint density at radius 3 is 2.67 bits per heavy atom. The molecular formula is C12H7ClNS+. The molecule has 1 heterocycles. The van der Waals surface area contributed by atoms with E-state index in [2.05, 4.69) is 11.1 Å². The Kier molecular flexibility index (Phi) is 2.04. The fraction of sp³-hybridized carbons (Fsp3) is 0. The maximum Gasteiger partial charge on any atom is 0.258 e. The van der Waals surface area contributed by atoms with Crippen LogP contribution in [0.5, 0.6) is 0 Å². The molecule has 1 aromatic heterocycles. The van der Waals surface area contributed by atoms with Crippen LogP contribution in [0.4, 0.5) is 0 Å². The summed E-state index contributed by atoms with van der Waals surface area (Å²) in [7, 11) is 0. The number of halogens is 1. The zero-order valence-electron chi connectivity index (χ0n) is 7.77. The molecule has 2 aromatic carbocycles. The van der Waals surface area contributed by atoms with E-state index in [1.165, 1.54) is 4.70 Å². The monoisotopic (exact) mass is 232 g/mol. The van der Waals surface area contributed by atoms with Crippen molar-refractivity contribution in [3.05, 3.63) is 47.5 Å². The zero-order valence-corrected chi connectivity index (χ0v) is 9.35. The van der Waals surface area contributed by atoms with Crippen molar-refractivity contribution in [2.45, 2.75) is 0 Å². The summed E-state index contributed by atoms with van der Waals surface area (Å²) in [6, 6.07) is 14.0. The van der Waals surface area contributed by atoms with E-state index < -0.39 is 0 Å². The number of benzene rings is 2. The molecule has 0 aliphatic rings. The Morgan fingerprint density at radius 2 is 1.73 bits per heavy atom. The van der Waals surface area contributed by atoms with Crippen molar-refractivity contribution >= 4 is 43.4 Å². The van der Waals surface area contributed by atoms with E-state index in [9.17, 15) is 0 Å². The van der Waals surface area contributed by atoms with E-state index in [4.69, 9.17) is 11.6 Å². The van der Waals surface area contributed by atoms with Gasteiger partial charge in [-0.15, -0.1) is 0 Å². The molecular weight excluding hydrogens is 226 g/mol. The fourth-order valence-electron chi connectivity index (χ4n) is 1.56. The van der Waals surface area contributed by atoms with Gasteiger partial charge in [0.1, 0.15) is 11.0 Å². The van der Waals surface area contributed by atoms with Gasteiger partial charge in [-0.25, -0.2) is 4.98 Å². The Labute approximate surface area is 96.0 Å². The molecule has 15 heavy (non-hydrogen) atoms. The molecule has 3 heteroatoms. The van der Waals surface area contributed by atoms with Gasteiger partial charge in [-0.1, -0.05) is 29.8 Å². The van der Waals surface area contributed by atoms with Gasteiger partial charge in [0, 0.05) is 12.1 Å². The number of nitrogens with zero attached hydrogens (tertiary/aromatic N) is 1. The number of para-hydroxylation sites is 2. The lowest BCUT2D eigenvalue weighted by Crippen LogP contribution is -1.80. The van der Waals surface area contributed by atoms with E-state index in [0.717, 1.165) is 20.8 Å². The molecule has 0 amide bonds. The summed E-state index contributed by atoms with van der Waals surface area (Å²) in [5.74, 6) is 0. The SMILES string of the molecule is Clc1cccc2[s+]c3ccccc3nc12. The molecule has 0 radical (unpaired) electrons. The van der Waals surface area contributed by atoms with Crippen molar-refractivity contribution in [2.75, 3.05) is 0 Å². The van der Waals surface area contributed by atoms with Crippen LogP contribution in [0.25, 0.3) is 20.4 Å². The highest BCUT2D eigenvalue weighted by atomic mass is 35.5. The first-order valence-electron chi connectivity index (χ1n) is 4.62. The average molecular weight is 233 g/mol. The Hall–Kier alpha value is -1.25. The molecule has 1 nitrogen and oxygen atoms in total. The smallest absolute Gasteiger partial charge is 0.236 e. The third-order valence-electron chi connectivity index (χ3n) is 2.27. The standard InChI is InChI=1S/C12H7ClNS/c13-8-4-3-7-11-12(8)14-9-5-1-2-6-10(9)15-11/h1-7H/q+1. The predicted molar refractivity (Wildman–Crippen MR) is 66.5 cm³/mol. The first kappa shape index (κ1) is 9.01. The van der Waals surface area contributed by atoms with E-state index >= 15 is 0 Å². The van der Waals surface area contributed by atoms with Gasteiger partial charge in [0.25, 0.3) is 9.40 Å². The molecule has 0 aliphatic carbocycles. The third-order valence-corrected chi connectivity index (χ3v) is 3.69. The van der Waals surface area contributed by atoms with Crippen LogP contribution in [0.3, 0.4) is 0 Å². The summed E-state index contributed by atoms with van der Waals surface area (Å²) in [5, 5.41) is 0.717. The molecule has 0 spiro atoms. The highest BCUT2D eigenvalue weighted by molar-refractivity contribution is 7.24. The lowest BCUT2D eigenvalue weighted by molar-refractivity contribution is 1.52. The number of hydrogen-bond donors (Lipinski definition) is 0. The third kappa shape index (κ3) is 1.46. The molecule has 3 aromatic rings. The topological polar surface area (TPSA) is 12.9 Å². The largest absolute Gasteiger partial charge is 0.258 e. The van der Waals surface area contributed by atoms with Crippen LogP contribution in [-0.2, 0) is 0 Å². The second kappa shape index (κ2) is 3.40. The Bertz CT molecular complexity index is 651. The number of fused-ring (bicyclic) bond motifs is 2. The lowest BCUT2D eigenvalue weighted by atomic mass is 10.3. The zero-order chi connectivity index (χ0) is 10.3. The average Bonchev–Trinajstić information content (AvgIpc) is 2.27. The van der Waals surface area contributed by atoms with Gasteiger partial charge in [0.2, 0.25) is 11.3 Å². The van der Waals surface area contributed by atoms with Crippen LogP contribution < -0.4 is 0 Å². The molecule has 72 valence electrons. The highest BCUT2D eigenvalue weighted by Crippen LogP contribution is 2.29. The molecule has 0 fully saturated rings. The first-order valence-corrected chi connectivity index (χ1v) is 5.81. The molecule has 0 atom stereocenters. The lowest BCUT2D eigenvalue weighted by Gasteiger charge is -1.93. The van der Waals surface area contributed by atoms with E-state index in [0.29, 0.717) is 0 Å². The van der Waals surface area contributed by atoms with Gasteiger partial charge in [-0.05, 0) is 12.1 Å². The van der Waals surface area contributed by atoms with Crippen molar-refractivity contribution in [3.63, 3.8) is 0 Å². The van der Waals surface area contributed by atoms with Gasteiger partial charge in [0.05, 0.1) is 5.02 Å². The van der Waals surface area contributed by atoms with Crippen molar-refractivity contribution in [1.82, 2.24) is 4.98 Å². The highest BCUT2D eigenvalue weighted by Gasteiger charge is 2.13. The quantitative estimate of drug-likeness (QED) is 0.414. The minimum absolute atomic E-state index is 0.717. The van der Waals surface area contributed by atoms with E-state index in [1.54, 1.807) is 11.3 Å². The second-order valence-electron chi connectivity index (χ2n) is 3.27. The normalized spacial score (nSPS) is 11.0. The van der Waals surface area contributed by atoms with Crippen LogP contribution >= 0.6 is 22.9 Å². The minimum atomic E-state index is 0.717. The maximum atomic E-state index is 6.10. The molecule has 0 saturated carbocycles. The summed E-state index contributed by atoms with van der Waals surface area (Å²) in [5.41, 5.74) is 1.89. The molecule has 0 N–H and O–H groups in total. The van der Waals surface area contributed by atoms with Crippen LogP contribution in [0, 0.1) is 0 Å². The molecule has 0 unspecified atom stereocenters. The molecule has 0 aliphatic heterocycles. The molecule has 3 rings (SSSR count). The van der Waals surface area contributed by atoms with Crippen LogP contribution in [0.15, 0.2) is 42.5 Å². The predicted octanol–water partition coefficient (Wildman–Crippen LogP) is 4.38. The van der Waals surface area contributed by atoms with E-state index in [1.807, 2.05) is 36.4 Å². The van der Waals surface area contributed by atoms with Crippen molar-refractivity contribution in [2.24, 2.45) is 0 Å². The van der Waals surface area contributed by atoms with Gasteiger partial charge >= 0.3 is 0 Å². The van der Waals surface area contributed by atoms with Gasteiger partial charge < -0.3 is 0 Å². The van der Waals surface area contributed by atoms with Crippen LogP contribution in [0.2, 0.25) is 5.02 Å². The Balaban J connectivity index is 2.53. The summed E-state index contributed by atoms with van der Waals surface area (Å²) < 4.78 is 2.31. The first-order chi connectivity index (χ1) is 7.34. The number of rotatable bonds is 0. The van der Waals surface area contributed by atoms with Gasteiger partial charge in [0.15, 0.2) is 0 Å². The van der Waals surface area contributed by atoms with Crippen LogP contribution in [-0.4, -0.2) is 4.98 Å². The number of hydrogen-bond acceptors (Lipinski definition) is 1. The van der Waals surface area contributed by atoms with Crippen LogP contribution in [0.1, 0.15) is 0 Å². The summed E-state index contributed by atoms with van der Waals surface area (Å²) in [4.78, 5) is 4.56. The minimum Gasteiger partial charge on any atom is -0.236 e. The molecule has 0 bridgehead atoms. The maximum absolute atomic E-state index is 6.10. The van der Waals surface area contributed by atoms with Crippen molar-refractivity contribution in [1.29, 1.82) is 0 Å². The Morgan fingerprint density at radius 1 is 0.933 bits per heavy atom. The van der Waals surface area contributed by atoms with E-state index in [-0.39, 0.29) is 0 Å². The number of aromatic nitrogens is 1. The van der Waals surface area contributed by atoms with Gasteiger partial charge in [-0.2, -0.15) is 0 Å². The summed E-state index contributed by atoms with van der Waals surface area (Å²) in [6.07, 6.45) is 0. The van der Waals surface area contributed by atoms with Gasteiger partial charge in [-0.3, -0.25) is 0 Å². The molecule has 0 saturated heterocycles. The van der Waals surface area contributed by atoms with Crippen molar-refractivity contribution < 1.29 is 0 Å². The summed E-state index contributed by atoms with van der Waals surface area (Å²) in [6.45, 7) is 0. The second-order valence-corrected chi connectivity index (χ2v) is 4.76. The van der Waals surface area contributed by atoms with Crippen molar-refractivity contribution in [3.8, 4) is 0 Å². The summed E-state index contributed by atoms with van der Waals surface area (Å²) >= 11 is 7.82.